The molecule has 4 heteroatoms. The zero-order valence-electron chi connectivity index (χ0n) is 4.00. The summed E-state index contributed by atoms with van der Waals surface area (Å²) in [7, 11) is 0. The molecule has 0 spiro atoms. The highest BCUT2D eigenvalue weighted by Crippen LogP contribution is 1.89. The Hall–Kier alpha value is -0.480. The van der Waals surface area contributed by atoms with E-state index in [0.717, 1.165) is 0 Å². The predicted molar refractivity (Wildman–Crippen MR) is 43.7 cm³/mol. The highest BCUT2D eigenvalue weighted by atomic mass is 127. The van der Waals surface area contributed by atoms with Gasteiger partial charge in [-0.25, -0.2) is 0 Å². The van der Waals surface area contributed by atoms with Crippen molar-refractivity contribution in [1.29, 1.82) is 0 Å². The molecule has 3 nitrogen and oxygen atoms in total. The van der Waals surface area contributed by atoms with Gasteiger partial charge in [0, 0.05) is 6.08 Å². The van der Waals surface area contributed by atoms with Crippen LogP contribution in [-0.4, -0.2) is 13.7 Å². The van der Waals surface area contributed by atoms with E-state index in [9.17, 15) is 0 Å². The second-order valence-corrected chi connectivity index (χ2v) is 2.90. The van der Waals surface area contributed by atoms with Gasteiger partial charge in [0.05, 0.1) is 4.22 Å². The summed E-state index contributed by atoms with van der Waals surface area (Å²) < 4.78 is 4.74. The lowest BCUT2D eigenvalue weighted by atomic mass is 10.6. The van der Waals surface area contributed by atoms with Crippen molar-refractivity contribution >= 4 is 34.5 Å². The normalized spacial score (nSPS) is 16.8. The molecule has 1 rings (SSSR count). The maximum atomic E-state index is 5.27. The van der Waals surface area contributed by atoms with E-state index in [1.807, 2.05) is 0 Å². The van der Waals surface area contributed by atoms with Gasteiger partial charge in [-0.1, -0.05) is 3.67 Å². The average molecular weight is 221 g/mol. The van der Waals surface area contributed by atoms with Gasteiger partial charge in [0.2, 0.25) is 0 Å². The third-order valence-electron chi connectivity index (χ3n) is 0.531. The first-order valence-electron chi connectivity index (χ1n) is 1.96. The van der Waals surface area contributed by atoms with Crippen molar-refractivity contribution < 1.29 is 0 Å². The molecular weight excluding hydrogens is 217 g/mol. The van der Waals surface area contributed by atoms with E-state index in [1.54, 1.807) is 10.3 Å². The largest absolute Gasteiger partial charge is 0.382 e. The van der Waals surface area contributed by atoms with Crippen LogP contribution in [0.1, 0.15) is 0 Å². The van der Waals surface area contributed by atoms with Crippen LogP contribution in [0.25, 0.3) is 0 Å². The van der Waals surface area contributed by atoms with Crippen LogP contribution in [0.5, 0.6) is 0 Å². The predicted octanol–water partition coefficient (Wildman–Crippen LogP) is 0.229. The summed E-state index contributed by atoms with van der Waals surface area (Å²) in [6, 6.07) is 0. The molecule has 1 aliphatic heterocycles. The number of hydrogen-bond acceptors (Lipinski definition) is 3. The van der Waals surface area contributed by atoms with Gasteiger partial charge in [0.15, 0.2) is 5.84 Å². The molecule has 0 aliphatic carbocycles. The fourth-order valence-electron chi connectivity index (χ4n) is 0.255. The molecule has 0 aromatic rings. The van der Waals surface area contributed by atoms with Gasteiger partial charge >= 0.3 is 0 Å². The summed E-state index contributed by atoms with van der Waals surface area (Å²) in [5, 5.41) is 7.24. The van der Waals surface area contributed by atoms with Crippen LogP contribution in [0, 0.1) is 0 Å². The van der Waals surface area contributed by atoms with Gasteiger partial charge in [-0.3, -0.25) is 0 Å². The Morgan fingerprint density at radius 2 is 2.62 bits per heavy atom. The average Bonchev–Trinajstić information content (AvgIpc) is 1.94. The molecule has 0 fully saturated rings. The summed E-state index contributed by atoms with van der Waals surface area (Å²) >= 11 is -0.132. The van der Waals surface area contributed by atoms with Crippen LogP contribution in [-0.2, 0) is 0 Å². The minimum atomic E-state index is -0.132. The van der Waals surface area contributed by atoms with Crippen LogP contribution < -0.4 is 5.73 Å². The molecule has 8 heavy (non-hydrogen) atoms. The Kier molecular flexibility index (Phi) is 1.93. The molecule has 0 amide bonds. The minimum absolute atomic E-state index is 0.132. The van der Waals surface area contributed by atoms with Crippen molar-refractivity contribution in [3.8, 4) is 0 Å². The highest BCUT2D eigenvalue weighted by Gasteiger charge is 1.80. The number of hydrogen-bond donors (Lipinski definition) is 1. The van der Waals surface area contributed by atoms with Gasteiger partial charge in [0.1, 0.15) is 0 Å². The monoisotopic (exact) mass is 221 g/mol. The number of amidine groups is 1. The van der Waals surface area contributed by atoms with Gasteiger partial charge in [-0.15, -0.1) is 5.10 Å². The van der Waals surface area contributed by atoms with Crippen LogP contribution in [0.2, 0.25) is 0 Å². The topological polar surface area (TPSA) is 50.7 Å². The van der Waals surface area contributed by atoms with Crippen LogP contribution in [0.4, 0.5) is 0 Å². The van der Waals surface area contributed by atoms with E-state index in [0.29, 0.717) is 5.84 Å². The summed E-state index contributed by atoms with van der Waals surface area (Å²) in [5.41, 5.74) is 5.27. The molecule has 0 bridgehead atoms. The van der Waals surface area contributed by atoms with Crippen molar-refractivity contribution in [2.45, 2.75) is 0 Å². The molecule has 0 radical (unpaired) electrons. The number of nitrogens with zero attached hydrogens (tertiary/aromatic N) is 2. The molecule has 0 unspecified atom stereocenters. The summed E-state index contributed by atoms with van der Waals surface area (Å²) in [4.78, 5) is 0. The zero-order chi connectivity index (χ0) is 5.82. The maximum absolute atomic E-state index is 5.27. The van der Waals surface area contributed by atoms with E-state index in [1.165, 1.54) is 0 Å². The third kappa shape index (κ3) is 1.55. The summed E-state index contributed by atoms with van der Waals surface area (Å²) in [5.74, 6) is 0.443. The van der Waals surface area contributed by atoms with Gasteiger partial charge < -0.3 is 5.73 Å². The van der Waals surface area contributed by atoms with Crippen LogP contribution >= 0.6 is 20.7 Å². The second kappa shape index (κ2) is 2.74. The minimum Gasteiger partial charge on any atom is -0.382 e. The first-order chi connectivity index (χ1) is 3.89. The molecule has 2 N–H and O–H groups in total. The van der Waals surface area contributed by atoms with Crippen LogP contribution in [0.3, 0.4) is 0 Å². The molecule has 0 aromatic carbocycles. The zero-order valence-corrected chi connectivity index (χ0v) is 6.16. The number of nitrogens with two attached hydrogens (primary N) is 1. The second-order valence-electron chi connectivity index (χ2n) is 1.10. The van der Waals surface area contributed by atoms with Crippen molar-refractivity contribution in [2.24, 2.45) is 15.9 Å². The molecule has 0 atom stereocenters. The van der Waals surface area contributed by atoms with Crippen molar-refractivity contribution in [3.63, 3.8) is 0 Å². The van der Waals surface area contributed by atoms with E-state index >= 15 is 0 Å². The lowest BCUT2D eigenvalue weighted by Crippen LogP contribution is -2.05. The molecule has 1 heterocycles. The Morgan fingerprint density at radius 3 is 3.50 bits per heavy atom. The SMILES string of the molecule is NC1=NN=CI=C=C1. The molecule has 1 aliphatic rings. The Morgan fingerprint density at radius 1 is 1.75 bits per heavy atom. The fourth-order valence-corrected chi connectivity index (χ4v) is 1.16. The molecule has 42 valence electrons. The molecule has 0 saturated heterocycles. The van der Waals surface area contributed by atoms with Gasteiger partial charge in [0.25, 0.3) is 0 Å². The first kappa shape index (κ1) is 5.65. The smallest absolute Gasteiger partial charge is 0.154 e. The fraction of sp³-hybridized carbons (Fsp3) is 0. The van der Waals surface area contributed by atoms with Crippen molar-refractivity contribution in [3.05, 3.63) is 6.08 Å². The van der Waals surface area contributed by atoms with E-state index in [2.05, 4.69) is 13.9 Å². The first-order valence-corrected chi connectivity index (χ1v) is 4.28. The van der Waals surface area contributed by atoms with Gasteiger partial charge in [-0.2, -0.15) is 5.10 Å². The Labute approximate surface area is 56.7 Å². The molecule has 0 aromatic heterocycles. The van der Waals surface area contributed by atoms with Crippen LogP contribution in [0.15, 0.2) is 16.3 Å². The Bertz CT molecular complexity index is 197. The molecule has 0 saturated carbocycles. The third-order valence-corrected chi connectivity index (χ3v) is 1.73. The van der Waals surface area contributed by atoms with E-state index in [-0.39, 0.29) is 20.7 Å². The van der Waals surface area contributed by atoms with Crippen molar-refractivity contribution in [1.82, 2.24) is 0 Å². The van der Waals surface area contributed by atoms with Gasteiger partial charge in [-0.05, 0) is 20.7 Å². The lowest BCUT2D eigenvalue weighted by molar-refractivity contribution is 1.25. The molecular formula is C4H4IN3. The highest BCUT2D eigenvalue weighted by molar-refractivity contribution is 14.2. The maximum Gasteiger partial charge on any atom is 0.154 e. The quantitative estimate of drug-likeness (QED) is 0.584. The Balaban J connectivity index is 2.94. The standard InChI is InChI=1S/C4H4IN3/c6-4-1-2-5-3-7-8-4/h1,3H,(H2,6,8). The van der Waals surface area contributed by atoms with Crippen molar-refractivity contribution in [2.75, 3.05) is 0 Å². The van der Waals surface area contributed by atoms with E-state index in [4.69, 9.17) is 5.73 Å². The summed E-state index contributed by atoms with van der Waals surface area (Å²) in [6.07, 6.45) is 1.67. The van der Waals surface area contributed by atoms with E-state index < -0.39 is 0 Å². The lowest BCUT2D eigenvalue weighted by Gasteiger charge is -1.78. The summed E-state index contributed by atoms with van der Waals surface area (Å²) in [6.45, 7) is 0. The number of rotatable bonds is 0. The number of halogens is 1.